The third kappa shape index (κ3) is 2.82. The average Bonchev–Trinajstić information content (AvgIpc) is 3.10. The number of nitrogens with zero attached hydrogens (tertiary/aromatic N) is 1. The first kappa shape index (κ1) is 15.7. The van der Waals surface area contributed by atoms with E-state index >= 15 is 0 Å². The topological polar surface area (TPSA) is 49.4 Å². The molecule has 2 aliphatic rings. The van der Waals surface area contributed by atoms with Gasteiger partial charge in [0.05, 0.1) is 4.90 Å². The standard InChI is InChI=1S/C19H22N2O2S/c22-24(23,18-6-7-19-17(14-18)8-11-20-19)21-12-9-16(10-13-21)15-4-2-1-3-5-15/h1-7,14,16,20H,8-13H2. The SMILES string of the molecule is O=S(=O)(c1ccc2c(c1)CCN2)N1CCC(c2ccccc2)CC1. The van der Waals surface area contributed by atoms with Crippen molar-refractivity contribution in [2.45, 2.75) is 30.1 Å². The zero-order chi connectivity index (χ0) is 16.6. The van der Waals surface area contributed by atoms with E-state index in [1.165, 1.54) is 5.56 Å². The van der Waals surface area contributed by atoms with Crippen molar-refractivity contribution in [3.8, 4) is 0 Å². The molecule has 0 unspecified atom stereocenters. The lowest BCUT2D eigenvalue weighted by Crippen LogP contribution is -2.37. The van der Waals surface area contributed by atoms with Gasteiger partial charge in [-0.25, -0.2) is 8.42 Å². The van der Waals surface area contributed by atoms with Crippen LogP contribution in [-0.4, -0.2) is 32.4 Å². The molecule has 0 radical (unpaired) electrons. The van der Waals surface area contributed by atoms with E-state index in [2.05, 4.69) is 29.6 Å². The van der Waals surface area contributed by atoms with Gasteiger partial charge in [-0.15, -0.1) is 0 Å². The molecule has 0 spiro atoms. The monoisotopic (exact) mass is 342 g/mol. The summed E-state index contributed by atoms with van der Waals surface area (Å²) in [5.74, 6) is 0.460. The summed E-state index contributed by atoms with van der Waals surface area (Å²) in [7, 11) is -3.38. The lowest BCUT2D eigenvalue weighted by molar-refractivity contribution is 0.319. The van der Waals surface area contributed by atoms with E-state index in [4.69, 9.17) is 0 Å². The quantitative estimate of drug-likeness (QED) is 0.932. The number of nitrogens with one attached hydrogen (secondary N) is 1. The largest absolute Gasteiger partial charge is 0.384 e. The van der Waals surface area contributed by atoms with Crippen LogP contribution in [0.1, 0.15) is 29.9 Å². The van der Waals surface area contributed by atoms with Crippen LogP contribution in [0.15, 0.2) is 53.4 Å². The van der Waals surface area contributed by atoms with Crippen LogP contribution in [-0.2, 0) is 16.4 Å². The van der Waals surface area contributed by atoms with Crippen molar-refractivity contribution in [1.82, 2.24) is 4.31 Å². The number of hydrogen-bond donors (Lipinski definition) is 1. The highest BCUT2D eigenvalue weighted by Crippen LogP contribution is 2.32. The summed E-state index contributed by atoms with van der Waals surface area (Å²) < 4.78 is 27.5. The Kier molecular flexibility index (Phi) is 4.06. The summed E-state index contributed by atoms with van der Waals surface area (Å²) in [4.78, 5) is 0.433. The Morgan fingerprint density at radius 2 is 1.75 bits per heavy atom. The average molecular weight is 342 g/mol. The van der Waals surface area contributed by atoms with Crippen LogP contribution in [0.25, 0.3) is 0 Å². The third-order valence-corrected chi connectivity index (χ3v) is 7.04. The zero-order valence-corrected chi connectivity index (χ0v) is 14.4. The molecule has 4 nitrogen and oxygen atoms in total. The van der Waals surface area contributed by atoms with Gasteiger partial charge in [-0.3, -0.25) is 0 Å². The Balaban J connectivity index is 1.50. The van der Waals surface area contributed by atoms with Gasteiger partial charge < -0.3 is 5.32 Å². The van der Waals surface area contributed by atoms with Gasteiger partial charge in [-0.2, -0.15) is 4.31 Å². The number of piperidine rings is 1. The highest BCUT2D eigenvalue weighted by atomic mass is 32.2. The number of hydrogen-bond acceptors (Lipinski definition) is 3. The maximum absolute atomic E-state index is 12.9. The Bertz CT molecular complexity index is 826. The molecule has 1 N–H and O–H groups in total. The molecule has 1 fully saturated rings. The normalized spacial score (nSPS) is 19.0. The molecule has 5 heteroatoms. The van der Waals surface area contributed by atoms with Gasteiger partial charge in [0.15, 0.2) is 0 Å². The van der Waals surface area contributed by atoms with Gasteiger partial charge in [0, 0.05) is 25.3 Å². The molecule has 0 atom stereocenters. The van der Waals surface area contributed by atoms with Crippen LogP contribution < -0.4 is 5.32 Å². The Labute approximate surface area is 143 Å². The molecule has 2 aromatic rings. The second-order valence-electron chi connectivity index (χ2n) is 6.58. The lowest BCUT2D eigenvalue weighted by atomic mass is 9.90. The van der Waals surface area contributed by atoms with Crippen LogP contribution in [0.5, 0.6) is 0 Å². The Morgan fingerprint density at radius 1 is 1.00 bits per heavy atom. The second-order valence-corrected chi connectivity index (χ2v) is 8.52. The van der Waals surface area contributed by atoms with E-state index in [-0.39, 0.29) is 0 Å². The van der Waals surface area contributed by atoms with Crippen molar-refractivity contribution in [1.29, 1.82) is 0 Å². The van der Waals surface area contributed by atoms with Crippen molar-refractivity contribution < 1.29 is 8.42 Å². The molecular formula is C19H22N2O2S. The summed E-state index contributed by atoms with van der Waals surface area (Å²) in [6, 6.07) is 15.9. The first-order chi connectivity index (χ1) is 11.6. The maximum Gasteiger partial charge on any atom is 0.243 e. The minimum Gasteiger partial charge on any atom is -0.384 e. The Hall–Kier alpha value is -1.85. The van der Waals surface area contributed by atoms with Gasteiger partial charge in [-0.1, -0.05) is 30.3 Å². The summed E-state index contributed by atoms with van der Waals surface area (Å²) in [5, 5.41) is 3.27. The summed E-state index contributed by atoms with van der Waals surface area (Å²) in [6.45, 7) is 2.08. The summed E-state index contributed by atoms with van der Waals surface area (Å²) in [6.07, 6.45) is 2.67. The Morgan fingerprint density at radius 3 is 2.50 bits per heavy atom. The van der Waals surface area contributed by atoms with Crippen LogP contribution in [0.4, 0.5) is 5.69 Å². The van der Waals surface area contributed by atoms with Crippen molar-refractivity contribution in [3.63, 3.8) is 0 Å². The van der Waals surface area contributed by atoms with E-state index < -0.39 is 10.0 Å². The fraction of sp³-hybridized carbons (Fsp3) is 0.368. The highest BCUT2D eigenvalue weighted by Gasteiger charge is 2.30. The van der Waals surface area contributed by atoms with E-state index in [1.54, 1.807) is 10.4 Å². The number of sulfonamides is 1. The molecular weight excluding hydrogens is 320 g/mol. The molecule has 0 aliphatic carbocycles. The van der Waals surface area contributed by atoms with Crippen LogP contribution in [0, 0.1) is 0 Å². The fourth-order valence-corrected chi connectivity index (χ4v) is 5.27. The molecule has 24 heavy (non-hydrogen) atoms. The van der Waals surface area contributed by atoms with E-state index in [0.717, 1.165) is 37.1 Å². The maximum atomic E-state index is 12.9. The molecule has 2 heterocycles. The van der Waals surface area contributed by atoms with Gasteiger partial charge in [-0.05, 0) is 54.5 Å². The van der Waals surface area contributed by atoms with Crippen molar-refractivity contribution in [2.24, 2.45) is 0 Å². The van der Waals surface area contributed by atoms with Crippen LogP contribution in [0.2, 0.25) is 0 Å². The van der Waals surface area contributed by atoms with Gasteiger partial charge in [0.1, 0.15) is 0 Å². The molecule has 2 aliphatic heterocycles. The number of benzene rings is 2. The minimum atomic E-state index is -3.38. The smallest absolute Gasteiger partial charge is 0.243 e. The van der Waals surface area contributed by atoms with E-state index in [1.807, 2.05) is 18.2 Å². The number of rotatable bonds is 3. The molecule has 0 bridgehead atoms. The number of anilines is 1. The highest BCUT2D eigenvalue weighted by molar-refractivity contribution is 7.89. The predicted octanol–water partition coefficient (Wildman–Crippen LogP) is 3.22. The predicted molar refractivity (Wildman–Crippen MR) is 95.8 cm³/mol. The molecule has 0 amide bonds. The molecule has 4 rings (SSSR count). The minimum absolute atomic E-state index is 0.433. The molecule has 1 saturated heterocycles. The third-order valence-electron chi connectivity index (χ3n) is 5.15. The summed E-state index contributed by atoms with van der Waals surface area (Å²) in [5.41, 5.74) is 3.49. The van der Waals surface area contributed by atoms with Crippen molar-refractivity contribution in [3.05, 3.63) is 59.7 Å². The van der Waals surface area contributed by atoms with Crippen molar-refractivity contribution >= 4 is 15.7 Å². The van der Waals surface area contributed by atoms with Crippen LogP contribution >= 0.6 is 0 Å². The first-order valence-corrected chi connectivity index (χ1v) is 10.0. The van der Waals surface area contributed by atoms with E-state index in [0.29, 0.717) is 23.9 Å². The first-order valence-electron chi connectivity index (χ1n) is 8.56. The molecule has 0 aromatic heterocycles. The number of fused-ring (bicyclic) bond motifs is 1. The van der Waals surface area contributed by atoms with Crippen molar-refractivity contribution in [2.75, 3.05) is 25.0 Å². The van der Waals surface area contributed by atoms with Gasteiger partial charge in [0.25, 0.3) is 0 Å². The summed E-state index contributed by atoms with van der Waals surface area (Å²) >= 11 is 0. The molecule has 0 saturated carbocycles. The fourth-order valence-electron chi connectivity index (χ4n) is 3.75. The molecule has 126 valence electrons. The second kappa shape index (κ2) is 6.22. The van der Waals surface area contributed by atoms with Gasteiger partial charge in [0.2, 0.25) is 10.0 Å². The van der Waals surface area contributed by atoms with E-state index in [9.17, 15) is 8.42 Å². The zero-order valence-electron chi connectivity index (χ0n) is 13.6. The van der Waals surface area contributed by atoms with Gasteiger partial charge >= 0.3 is 0 Å². The van der Waals surface area contributed by atoms with Crippen LogP contribution in [0.3, 0.4) is 0 Å². The molecule has 2 aromatic carbocycles. The lowest BCUT2D eigenvalue weighted by Gasteiger charge is -2.31.